The number of hydrogen-bond acceptors (Lipinski definition) is 6. The number of rotatable bonds is 1. The average Bonchev–Trinajstić information content (AvgIpc) is 3.60. The number of fused-ring (bicyclic) bond motifs is 8. The van der Waals surface area contributed by atoms with Gasteiger partial charge in [0, 0.05) is 22.1 Å². The fourth-order valence-corrected chi connectivity index (χ4v) is 4.69. The van der Waals surface area contributed by atoms with Crippen molar-refractivity contribution in [1.29, 1.82) is 0 Å². The Labute approximate surface area is 203 Å². The molecule has 0 aliphatic carbocycles. The molecule has 2 aliphatic rings. The topological polar surface area (TPSA) is 138 Å². The molecule has 6 N–H and O–H groups in total. The molecule has 0 saturated carbocycles. The summed E-state index contributed by atoms with van der Waals surface area (Å²) in [5.74, 6) is 0. The Morgan fingerprint density at radius 2 is 0.829 bits per heavy atom. The van der Waals surface area contributed by atoms with E-state index in [9.17, 15) is 0 Å². The van der Waals surface area contributed by atoms with E-state index >= 15 is 0 Å². The van der Waals surface area contributed by atoms with Crippen molar-refractivity contribution >= 4 is 50.2 Å². The summed E-state index contributed by atoms with van der Waals surface area (Å²) in [7, 11) is 0. The third kappa shape index (κ3) is 5.91. The summed E-state index contributed by atoms with van der Waals surface area (Å²) in [5, 5.41) is 0. The van der Waals surface area contributed by atoms with Crippen molar-refractivity contribution < 1.29 is 31.9 Å². The van der Waals surface area contributed by atoms with Crippen LogP contribution in [-0.4, -0.2) is 34.4 Å². The van der Waals surface area contributed by atoms with Crippen LogP contribution < -0.4 is 3.78 Å². The van der Waals surface area contributed by atoms with Crippen LogP contribution in [0.3, 0.4) is 0 Å². The summed E-state index contributed by atoms with van der Waals surface area (Å²) in [5.41, 5.74) is 7.86. The average molecular weight is 563 g/mol. The van der Waals surface area contributed by atoms with E-state index in [1.165, 1.54) is 24.3 Å². The van der Waals surface area contributed by atoms with Crippen LogP contribution in [0.25, 0.3) is 46.4 Å². The number of nitrogens with zero attached hydrogens (tertiary/aromatic N) is 2. The zero-order valence-electron chi connectivity index (χ0n) is 18.3. The molecule has 0 amide bonds. The Morgan fingerprint density at radius 3 is 1.11 bits per heavy atom. The predicted octanol–water partition coefficient (Wildman–Crippen LogP) is 3.29. The van der Waals surface area contributed by atoms with Crippen molar-refractivity contribution in [2.75, 3.05) is 0 Å². The molecule has 0 unspecified atom stereocenters. The van der Waals surface area contributed by atoms with Crippen molar-refractivity contribution in [2.24, 2.45) is 0 Å². The van der Waals surface area contributed by atoms with E-state index in [1.54, 1.807) is 6.07 Å². The first-order valence-corrected chi connectivity index (χ1v) is 13.8. The molecular weight excluding hydrogens is 540 g/mol. The molecule has 0 radical (unpaired) electrons. The van der Waals surface area contributed by atoms with Gasteiger partial charge in [0.2, 0.25) is 0 Å². The summed E-state index contributed by atoms with van der Waals surface area (Å²) in [6.45, 7) is 0. The summed E-state index contributed by atoms with van der Waals surface area (Å²) < 4.78 is 34.9. The molecule has 35 heavy (non-hydrogen) atoms. The van der Waals surface area contributed by atoms with E-state index in [0.29, 0.717) is 0 Å². The Balaban J connectivity index is 0.000000195. The van der Waals surface area contributed by atoms with Gasteiger partial charge >= 0.3 is 66.0 Å². The molecule has 0 atom stereocenters. The third-order valence-corrected chi connectivity index (χ3v) is 7.09. The van der Waals surface area contributed by atoms with Crippen molar-refractivity contribution in [2.45, 2.75) is 0 Å². The summed E-state index contributed by atoms with van der Waals surface area (Å²) in [6, 6.07) is 23.5. The van der Waals surface area contributed by atoms with Gasteiger partial charge in [-0.1, -0.05) is 0 Å². The normalized spacial score (nSPS) is 13.5. The van der Waals surface area contributed by atoms with Gasteiger partial charge in [-0.3, -0.25) is 0 Å². The van der Waals surface area contributed by atoms with E-state index in [-0.39, 0.29) is 3.78 Å². The van der Waals surface area contributed by atoms with Crippen molar-refractivity contribution in [3.8, 4) is 0 Å². The van der Waals surface area contributed by atoms with Gasteiger partial charge in [-0.25, -0.2) is 9.97 Å². The maximum atomic E-state index is 8.77. The van der Waals surface area contributed by atoms with E-state index in [4.69, 9.17) is 14.5 Å². The van der Waals surface area contributed by atoms with E-state index in [2.05, 4.69) is 44.2 Å². The molecule has 4 aromatic rings. The zero-order valence-corrected chi connectivity index (χ0v) is 19.8. The second-order valence-corrected chi connectivity index (χ2v) is 11.7. The Bertz CT molecular complexity index is 1430. The number of H-pyrrole nitrogens is 2. The van der Waals surface area contributed by atoms with Crippen LogP contribution in [0.15, 0.2) is 78.9 Å². The molecule has 8 bridgehead atoms. The SMILES string of the molecule is C1=Cc2cc3ccc(cc4nc(cc5ccc(cc1n2)[nH]5)C=C4)[nH]3.[OH][Ag]([OH])([OH])([OH])[c]1ccccc1. The van der Waals surface area contributed by atoms with E-state index < -0.39 is 17.4 Å². The summed E-state index contributed by atoms with van der Waals surface area (Å²) in [4.78, 5) is 16.0. The molecule has 2 aliphatic heterocycles. The van der Waals surface area contributed by atoms with Crippen LogP contribution in [-0.2, 0) is 17.4 Å². The predicted molar refractivity (Wildman–Crippen MR) is 134 cm³/mol. The van der Waals surface area contributed by atoms with Crippen molar-refractivity contribution in [3.05, 3.63) is 102 Å². The molecule has 3 aromatic heterocycles. The van der Waals surface area contributed by atoms with Crippen LogP contribution in [0, 0.1) is 0 Å². The van der Waals surface area contributed by atoms with Crippen LogP contribution in [0.4, 0.5) is 0 Å². The number of benzene rings is 1. The molecule has 0 fully saturated rings. The molecule has 0 spiro atoms. The third-order valence-electron chi connectivity index (χ3n) is 5.06. The second kappa shape index (κ2) is 8.88. The van der Waals surface area contributed by atoms with Gasteiger partial charge in [-0.05, 0) is 72.8 Å². The van der Waals surface area contributed by atoms with Gasteiger partial charge in [0.1, 0.15) is 0 Å². The summed E-state index contributed by atoms with van der Waals surface area (Å²) in [6.07, 6.45) is 8.09. The molecule has 6 rings (SSSR count). The van der Waals surface area contributed by atoms with Crippen LogP contribution in [0.1, 0.15) is 22.8 Å². The second-order valence-electron chi connectivity index (χ2n) is 7.79. The van der Waals surface area contributed by atoms with Gasteiger partial charge in [0.15, 0.2) is 0 Å². The molecule has 0 saturated heterocycles. The number of aromatic nitrogens is 4. The minimum atomic E-state index is -5.74. The number of aromatic amines is 2. The number of hydrogen-bond donors (Lipinski definition) is 6. The van der Waals surface area contributed by atoms with E-state index in [1.807, 2.05) is 48.6 Å². The van der Waals surface area contributed by atoms with Gasteiger partial charge in [0.05, 0.1) is 22.8 Å². The fourth-order valence-electron chi connectivity index (χ4n) is 3.52. The van der Waals surface area contributed by atoms with Gasteiger partial charge < -0.3 is 9.97 Å². The fraction of sp³-hybridized carbons (Fsp3) is 0. The first-order valence-electron chi connectivity index (χ1n) is 10.4. The Hall–Kier alpha value is -3.60. The Morgan fingerprint density at radius 1 is 0.486 bits per heavy atom. The molecule has 1 aromatic carbocycles. The first-order chi connectivity index (χ1) is 16.7. The first kappa shape index (κ1) is 23.2. The van der Waals surface area contributed by atoms with Gasteiger partial charge in [0.25, 0.3) is 0 Å². The van der Waals surface area contributed by atoms with Crippen LogP contribution in [0.2, 0.25) is 0 Å². The van der Waals surface area contributed by atoms with Gasteiger partial charge in [-0.2, -0.15) is 0 Å². The maximum absolute atomic E-state index is 8.77. The Kier molecular flexibility index (Phi) is 5.87. The molecule has 5 heterocycles. The molecule has 182 valence electrons. The molecule has 8 nitrogen and oxygen atoms in total. The molecular formula is C26H23AgN4O4. The quantitative estimate of drug-likeness (QED) is 0.170. The summed E-state index contributed by atoms with van der Waals surface area (Å²) >= 11 is -5.74. The van der Waals surface area contributed by atoms with E-state index in [0.717, 1.165) is 44.8 Å². The number of nitrogens with one attached hydrogen (secondary N) is 2. The molecule has 9 heteroatoms. The van der Waals surface area contributed by atoms with Crippen LogP contribution >= 0.6 is 0 Å². The monoisotopic (exact) mass is 562 g/mol. The van der Waals surface area contributed by atoms with Gasteiger partial charge in [-0.15, -0.1) is 0 Å². The minimum absolute atomic E-state index is 0.242. The zero-order chi connectivity index (χ0) is 24.5. The van der Waals surface area contributed by atoms with Crippen LogP contribution in [0.5, 0.6) is 0 Å². The standard InChI is InChI=1S/C20H14N4.C6H5.Ag.4H2O/c1-2-14-10-16-5-6-18(23-16)12-20-8-7-19(24-20)11-17-4-3-15(22-17)9-13(1)21-14;1-2-4-6-5-3-1;;;;;/h1-12,21,24H;1-5H;;4*1H2/q;;+4;;;;/p-4. The van der Waals surface area contributed by atoms with Crippen molar-refractivity contribution in [3.63, 3.8) is 0 Å². The van der Waals surface area contributed by atoms with Crippen molar-refractivity contribution in [1.82, 2.24) is 19.9 Å².